The Hall–Kier alpha value is -1.55. The molecule has 1 saturated carbocycles. The van der Waals surface area contributed by atoms with Crippen LogP contribution >= 0.6 is 11.6 Å². The van der Waals surface area contributed by atoms with Crippen LogP contribution in [0, 0.1) is 5.92 Å². The van der Waals surface area contributed by atoms with Crippen molar-refractivity contribution in [3.05, 3.63) is 34.9 Å². The number of halogens is 1. The summed E-state index contributed by atoms with van der Waals surface area (Å²) in [6, 6.07) is 6.92. The number of hydrogen-bond donors (Lipinski definition) is 1. The first-order valence-electron chi connectivity index (χ1n) is 6.86. The van der Waals surface area contributed by atoms with E-state index in [2.05, 4.69) is 0 Å². The van der Waals surface area contributed by atoms with Gasteiger partial charge in [0.25, 0.3) is 0 Å². The van der Waals surface area contributed by atoms with E-state index < -0.39 is 12.0 Å². The van der Waals surface area contributed by atoms with Gasteiger partial charge in [-0.1, -0.05) is 23.7 Å². The standard InChI is InChI=1S/C15H16ClNO3/c16-10-4-1-3-9(7-10)11-8-12(11)14(18)17-6-2-5-13(17)15(19)20/h1,3-4,7,11-13H,2,5-6,8H2,(H,19,20)/t11-,12+,13-/m1/s1. The molecule has 106 valence electrons. The van der Waals surface area contributed by atoms with Crippen LogP contribution in [0.3, 0.4) is 0 Å². The van der Waals surface area contributed by atoms with Gasteiger partial charge in [0, 0.05) is 17.5 Å². The summed E-state index contributed by atoms with van der Waals surface area (Å²) in [5.41, 5.74) is 1.07. The SMILES string of the molecule is O=C(O)[C@H]1CCCN1C(=O)[C@H]1C[C@@H]1c1cccc(Cl)c1. The first-order chi connectivity index (χ1) is 9.58. The van der Waals surface area contributed by atoms with E-state index in [0.717, 1.165) is 18.4 Å². The zero-order valence-electron chi connectivity index (χ0n) is 11.0. The smallest absolute Gasteiger partial charge is 0.326 e. The summed E-state index contributed by atoms with van der Waals surface area (Å²) in [5, 5.41) is 9.81. The Morgan fingerprint density at radius 1 is 1.35 bits per heavy atom. The minimum absolute atomic E-state index is 0.0140. The van der Waals surface area contributed by atoms with Crippen molar-refractivity contribution < 1.29 is 14.7 Å². The van der Waals surface area contributed by atoms with Gasteiger partial charge in [-0.15, -0.1) is 0 Å². The highest BCUT2D eigenvalue weighted by Crippen LogP contribution is 2.49. The van der Waals surface area contributed by atoms with Crippen LogP contribution in [0.4, 0.5) is 0 Å². The molecule has 5 heteroatoms. The third kappa shape index (κ3) is 2.40. The van der Waals surface area contributed by atoms with Crippen molar-refractivity contribution >= 4 is 23.5 Å². The van der Waals surface area contributed by atoms with E-state index in [4.69, 9.17) is 16.7 Å². The summed E-state index contributed by atoms with van der Waals surface area (Å²) >= 11 is 5.96. The quantitative estimate of drug-likeness (QED) is 0.931. The van der Waals surface area contributed by atoms with Crippen LogP contribution in [0.1, 0.15) is 30.7 Å². The van der Waals surface area contributed by atoms with Gasteiger partial charge in [-0.2, -0.15) is 0 Å². The third-order valence-electron chi connectivity index (χ3n) is 4.21. The number of amides is 1. The molecule has 1 aromatic rings. The molecule has 4 nitrogen and oxygen atoms in total. The fraction of sp³-hybridized carbons (Fsp3) is 0.467. The monoisotopic (exact) mass is 293 g/mol. The Morgan fingerprint density at radius 2 is 2.15 bits per heavy atom. The lowest BCUT2D eigenvalue weighted by atomic mass is 10.1. The summed E-state index contributed by atoms with van der Waals surface area (Å²) in [4.78, 5) is 25.1. The Balaban J connectivity index is 1.70. The van der Waals surface area contributed by atoms with Crippen LogP contribution in [-0.4, -0.2) is 34.5 Å². The zero-order valence-corrected chi connectivity index (χ0v) is 11.7. The summed E-state index contributed by atoms with van der Waals surface area (Å²) in [5.74, 6) is -0.791. The highest BCUT2D eigenvalue weighted by atomic mass is 35.5. The number of carbonyl (C=O) groups excluding carboxylic acids is 1. The van der Waals surface area contributed by atoms with Crippen LogP contribution in [-0.2, 0) is 9.59 Å². The second kappa shape index (κ2) is 5.09. The molecule has 1 saturated heterocycles. The van der Waals surface area contributed by atoms with Crippen LogP contribution in [0.5, 0.6) is 0 Å². The zero-order chi connectivity index (χ0) is 14.3. The van der Waals surface area contributed by atoms with Crippen molar-refractivity contribution in [3.8, 4) is 0 Å². The Bertz CT molecular complexity index is 560. The molecule has 1 aromatic carbocycles. The largest absolute Gasteiger partial charge is 0.480 e. The fourth-order valence-corrected chi connectivity index (χ4v) is 3.27. The molecule has 1 heterocycles. The van der Waals surface area contributed by atoms with Crippen LogP contribution < -0.4 is 0 Å². The molecule has 0 spiro atoms. The summed E-state index contributed by atoms with van der Waals surface area (Å²) in [7, 11) is 0. The molecular weight excluding hydrogens is 278 g/mol. The molecule has 0 bridgehead atoms. The van der Waals surface area contributed by atoms with Gasteiger partial charge in [-0.25, -0.2) is 4.79 Å². The third-order valence-corrected chi connectivity index (χ3v) is 4.44. The molecule has 20 heavy (non-hydrogen) atoms. The maximum Gasteiger partial charge on any atom is 0.326 e. The topological polar surface area (TPSA) is 57.6 Å². The molecule has 3 atom stereocenters. The minimum Gasteiger partial charge on any atom is -0.480 e. The number of benzene rings is 1. The van der Waals surface area contributed by atoms with Gasteiger partial charge in [0.05, 0.1) is 0 Å². The molecular formula is C15H16ClNO3. The summed E-state index contributed by atoms with van der Waals surface area (Å²) in [6.45, 7) is 0.564. The van der Waals surface area contributed by atoms with Gasteiger partial charge in [0.2, 0.25) is 5.91 Å². The van der Waals surface area contributed by atoms with Gasteiger partial charge in [0.15, 0.2) is 0 Å². The predicted octanol–water partition coefficient (Wildman–Crippen LogP) is 2.52. The van der Waals surface area contributed by atoms with Crippen molar-refractivity contribution in [2.75, 3.05) is 6.54 Å². The molecule has 1 N–H and O–H groups in total. The maximum atomic E-state index is 12.4. The van der Waals surface area contributed by atoms with Gasteiger partial charge >= 0.3 is 5.97 Å². The molecule has 1 aliphatic heterocycles. The molecule has 0 aromatic heterocycles. The van der Waals surface area contributed by atoms with E-state index in [1.807, 2.05) is 24.3 Å². The number of carboxylic acid groups (broad SMARTS) is 1. The first-order valence-corrected chi connectivity index (χ1v) is 7.24. The lowest BCUT2D eigenvalue weighted by Gasteiger charge is -2.21. The Kier molecular flexibility index (Phi) is 3.42. The van der Waals surface area contributed by atoms with E-state index in [1.165, 1.54) is 4.90 Å². The highest BCUT2D eigenvalue weighted by molar-refractivity contribution is 6.30. The fourth-order valence-electron chi connectivity index (χ4n) is 3.07. The van der Waals surface area contributed by atoms with E-state index in [-0.39, 0.29) is 17.7 Å². The van der Waals surface area contributed by atoms with E-state index in [0.29, 0.717) is 18.0 Å². The number of aliphatic carboxylic acids is 1. The van der Waals surface area contributed by atoms with E-state index in [9.17, 15) is 9.59 Å². The molecule has 0 radical (unpaired) electrons. The van der Waals surface area contributed by atoms with Crippen molar-refractivity contribution in [1.82, 2.24) is 4.90 Å². The Morgan fingerprint density at radius 3 is 2.85 bits per heavy atom. The molecule has 1 amide bonds. The predicted molar refractivity (Wildman–Crippen MR) is 74.7 cm³/mol. The number of rotatable bonds is 3. The normalized spacial score (nSPS) is 28.4. The number of hydrogen-bond acceptors (Lipinski definition) is 2. The second-order valence-electron chi connectivity index (χ2n) is 5.53. The van der Waals surface area contributed by atoms with Crippen molar-refractivity contribution in [2.45, 2.75) is 31.2 Å². The van der Waals surface area contributed by atoms with Gasteiger partial charge in [0.1, 0.15) is 6.04 Å². The first kappa shape index (κ1) is 13.4. The second-order valence-corrected chi connectivity index (χ2v) is 5.97. The van der Waals surface area contributed by atoms with Crippen LogP contribution in [0.2, 0.25) is 5.02 Å². The van der Waals surface area contributed by atoms with Gasteiger partial charge < -0.3 is 10.0 Å². The maximum absolute atomic E-state index is 12.4. The number of carbonyl (C=O) groups is 2. The van der Waals surface area contributed by atoms with Gasteiger partial charge in [-0.3, -0.25) is 4.79 Å². The van der Waals surface area contributed by atoms with Crippen molar-refractivity contribution in [1.29, 1.82) is 0 Å². The average Bonchev–Trinajstić information content (AvgIpc) is 3.06. The molecule has 2 fully saturated rings. The lowest BCUT2D eigenvalue weighted by Crippen LogP contribution is -2.41. The Labute approximate surface area is 122 Å². The molecule has 1 aliphatic carbocycles. The van der Waals surface area contributed by atoms with Crippen LogP contribution in [0.15, 0.2) is 24.3 Å². The minimum atomic E-state index is -0.893. The van der Waals surface area contributed by atoms with Gasteiger partial charge in [-0.05, 0) is 42.9 Å². The summed E-state index contributed by atoms with van der Waals surface area (Å²) in [6.07, 6.45) is 2.13. The van der Waals surface area contributed by atoms with E-state index >= 15 is 0 Å². The van der Waals surface area contributed by atoms with E-state index in [1.54, 1.807) is 0 Å². The number of carboxylic acids is 1. The van der Waals surface area contributed by atoms with Crippen LogP contribution in [0.25, 0.3) is 0 Å². The number of nitrogens with zero attached hydrogens (tertiary/aromatic N) is 1. The molecule has 0 unspecified atom stereocenters. The van der Waals surface area contributed by atoms with Crippen molar-refractivity contribution in [2.24, 2.45) is 5.92 Å². The summed E-state index contributed by atoms with van der Waals surface area (Å²) < 4.78 is 0. The van der Waals surface area contributed by atoms with Crippen molar-refractivity contribution in [3.63, 3.8) is 0 Å². The average molecular weight is 294 g/mol. The highest BCUT2D eigenvalue weighted by Gasteiger charge is 2.48. The molecule has 2 aliphatic rings. The number of likely N-dealkylation sites (tertiary alicyclic amines) is 1. The lowest BCUT2D eigenvalue weighted by molar-refractivity contribution is -0.148. The molecule has 3 rings (SSSR count).